The van der Waals surface area contributed by atoms with E-state index in [2.05, 4.69) is 40.5 Å². The minimum atomic E-state index is 0.901. The van der Waals surface area contributed by atoms with Crippen LogP contribution in [0.1, 0.15) is 12.6 Å². The fourth-order valence-electron chi connectivity index (χ4n) is 2.35. The molecule has 1 aromatic heterocycles. The van der Waals surface area contributed by atoms with Gasteiger partial charge < -0.3 is 14.7 Å². The quantitative estimate of drug-likeness (QED) is 0.855. The lowest BCUT2D eigenvalue weighted by Gasteiger charge is -2.29. The average Bonchev–Trinajstić information content (AvgIpc) is 2.81. The second kappa shape index (κ2) is 4.37. The van der Waals surface area contributed by atoms with E-state index in [1.807, 2.05) is 0 Å². The van der Waals surface area contributed by atoms with Crippen LogP contribution >= 0.6 is 0 Å². The molecule has 2 aromatic rings. The van der Waals surface area contributed by atoms with E-state index < -0.39 is 0 Å². The van der Waals surface area contributed by atoms with Crippen molar-refractivity contribution in [1.82, 2.24) is 10.5 Å². The van der Waals surface area contributed by atoms with Crippen LogP contribution in [0.5, 0.6) is 0 Å². The van der Waals surface area contributed by atoms with E-state index >= 15 is 0 Å². The first-order chi connectivity index (χ1) is 8.38. The molecule has 4 heteroatoms. The first-order valence-corrected chi connectivity index (χ1v) is 6.22. The van der Waals surface area contributed by atoms with Crippen LogP contribution in [0.4, 0.5) is 5.69 Å². The van der Waals surface area contributed by atoms with Gasteiger partial charge in [-0.15, -0.1) is 0 Å². The molecule has 90 valence electrons. The molecule has 1 saturated heterocycles. The van der Waals surface area contributed by atoms with Crippen molar-refractivity contribution in [3.8, 4) is 0 Å². The highest BCUT2D eigenvalue weighted by Gasteiger charge is 2.13. The lowest BCUT2D eigenvalue weighted by molar-refractivity contribution is 0.447. The zero-order valence-electron chi connectivity index (χ0n) is 10.1. The maximum Gasteiger partial charge on any atom is 0.169 e. The van der Waals surface area contributed by atoms with Crippen molar-refractivity contribution >= 4 is 16.7 Å². The molecule has 0 aliphatic carbocycles. The number of rotatable bonds is 2. The minimum absolute atomic E-state index is 0.901. The lowest BCUT2D eigenvalue weighted by Crippen LogP contribution is -2.43. The van der Waals surface area contributed by atoms with Crippen LogP contribution in [0, 0.1) is 0 Å². The molecule has 1 fully saturated rings. The zero-order chi connectivity index (χ0) is 11.7. The third-order valence-corrected chi connectivity index (χ3v) is 3.35. The van der Waals surface area contributed by atoms with Gasteiger partial charge in [-0.3, -0.25) is 0 Å². The second-order valence-electron chi connectivity index (χ2n) is 4.40. The maximum absolute atomic E-state index is 5.38. The highest BCUT2D eigenvalue weighted by atomic mass is 16.5. The molecule has 0 amide bonds. The smallest absolute Gasteiger partial charge is 0.169 e. The number of piperazine rings is 1. The topological polar surface area (TPSA) is 41.3 Å². The van der Waals surface area contributed by atoms with Crippen LogP contribution in [0.15, 0.2) is 22.7 Å². The zero-order valence-corrected chi connectivity index (χ0v) is 10.1. The number of anilines is 1. The molecule has 0 atom stereocenters. The van der Waals surface area contributed by atoms with Crippen LogP contribution in [-0.4, -0.2) is 31.3 Å². The molecule has 1 aliphatic rings. The Labute approximate surface area is 101 Å². The van der Waals surface area contributed by atoms with Crippen LogP contribution in [0.2, 0.25) is 0 Å². The Balaban J connectivity index is 1.95. The van der Waals surface area contributed by atoms with Gasteiger partial charge in [0.1, 0.15) is 0 Å². The van der Waals surface area contributed by atoms with Crippen molar-refractivity contribution in [3.63, 3.8) is 0 Å². The molecule has 0 spiro atoms. The minimum Gasteiger partial charge on any atom is -0.369 e. The molecule has 0 radical (unpaired) electrons. The molecule has 0 unspecified atom stereocenters. The Morgan fingerprint density at radius 2 is 2.18 bits per heavy atom. The molecular weight excluding hydrogens is 214 g/mol. The summed E-state index contributed by atoms with van der Waals surface area (Å²) in [6.07, 6.45) is 0.917. The van der Waals surface area contributed by atoms with E-state index in [9.17, 15) is 0 Å². The van der Waals surface area contributed by atoms with Gasteiger partial charge in [0.05, 0.1) is 5.69 Å². The first-order valence-electron chi connectivity index (χ1n) is 6.22. The molecule has 17 heavy (non-hydrogen) atoms. The normalized spacial score (nSPS) is 16.6. The highest BCUT2D eigenvalue weighted by molar-refractivity contribution is 5.83. The fourth-order valence-corrected chi connectivity index (χ4v) is 2.35. The molecule has 4 nitrogen and oxygen atoms in total. The van der Waals surface area contributed by atoms with E-state index in [0.717, 1.165) is 49.3 Å². The SMILES string of the molecule is CCc1noc2cc(N3CCNCC3)ccc12. The Bertz CT molecular complexity index is 514. The van der Waals surface area contributed by atoms with Crippen molar-refractivity contribution in [1.29, 1.82) is 0 Å². The summed E-state index contributed by atoms with van der Waals surface area (Å²) in [7, 11) is 0. The fraction of sp³-hybridized carbons (Fsp3) is 0.462. The Morgan fingerprint density at radius 1 is 1.35 bits per heavy atom. The van der Waals surface area contributed by atoms with Gasteiger partial charge in [-0.1, -0.05) is 12.1 Å². The van der Waals surface area contributed by atoms with Crippen LogP contribution in [0.3, 0.4) is 0 Å². The summed E-state index contributed by atoms with van der Waals surface area (Å²) in [6.45, 7) is 6.31. The number of hydrogen-bond acceptors (Lipinski definition) is 4. The summed E-state index contributed by atoms with van der Waals surface area (Å²) in [5.74, 6) is 0. The van der Waals surface area contributed by atoms with Gasteiger partial charge in [0.2, 0.25) is 0 Å². The summed E-state index contributed by atoms with van der Waals surface area (Å²) in [5.41, 5.74) is 3.18. The van der Waals surface area contributed by atoms with Gasteiger partial charge in [-0.25, -0.2) is 0 Å². The van der Waals surface area contributed by atoms with E-state index in [0.29, 0.717) is 0 Å². The number of nitrogens with zero attached hydrogens (tertiary/aromatic N) is 2. The van der Waals surface area contributed by atoms with Gasteiger partial charge >= 0.3 is 0 Å². The van der Waals surface area contributed by atoms with Crippen LogP contribution in [0.25, 0.3) is 11.0 Å². The van der Waals surface area contributed by atoms with Gasteiger partial charge in [0, 0.05) is 43.3 Å². The largest absolute Gasteiger partial charge is 0.369 e. The number of nitrogens with one attached hydrogen (secondary N) is 1. The predicted molar refractivity (Wildman–Crippen MR) is 68.5 cm³/mol. The Hall–Kier alpha value is -1.55. The number of fused-ring (bicyclic) bond motifs is 1. The van der Waals surface area contributed by atoms with E-state index in [-0.39, 0.29) is 0 Å². The summed E-state index contributed by atoms with van der Waals surface area (Å²) in [5, 5.41) is 8.60. The predicted octanol–water partition coefficient (Wildman–Crippen LogP) is 1.80. The third kappa shape index (κ3) is 1.89. The van der Waals surface area contributed by atoms with E-state index in [1.54, 1.807) is 0 Å². The van der Waals surface area contributed by atoms with Crippen molar-refractivity contribution in [2.45, 2.75) is 13.3 Å². The van der Waals surface area contributed by atoms with Crippen molar-refractivity contribution in [2.75, 3.05) is 31.1 Å². The second-order valence-corrected chi connectivity index (χ2v) is 4.40. The number of aryl methyl sites for hydroxylation is 1. The number of aromatic nitrogens is 1. The molecule has 1 aromatic carbocycles. The summed E-state index contributed by atoms with van der Waals surface area (Å²) >= 11 is 0. The molecule has 2 heterocycles. The van der Waals surface area contributed by atoms with Crippen molar-refractivity contribution in [3.05, 3.63) is 23.9 Å². The van der Waals surface area contributed by atoms with Crippen LogP contribution in [-0.2, 0) is 6.42 Å². The molecule has 0 saturated carbocycles. The monoisotopic (exact) mass is 231 g/mol. The van der Waals surface area contributed by atoms with Gasteiger partial charge in [-0.05, 0) is 18.6 Å². The Morgan fingerprint density at radius 3 is 2.94 bits per heavy atom. The molecule has 1 aliphatic heterocycles. The maximum atomic E-state index is 5.38. The van der Waals surface area contributed by atoms with Crippen LogP contribution < -0.4 is 10.2 Å². The molecular formula is C13H17N3O. The van der Waals surface area contributed by atoms with Gasteiger partial charge in [0.25, 0.3) is 0 Å². The van der Waals surface area contributed by atoms with Crippen molar-refractivity contribution < 1.29 is 4.52 Å². The Kier molecular flexibility index (Phi) is 2.73. The molecule has 1 N–H and O–H groups in total. The lowest BCUT2D eigenvalue weighted by atomic mass is 10.1. The first kappa shape index (κ1) is 10.6. The number of hydrogen-bond donors (Lipinski definition) is 1. The van der Waals surface area contributed by atoms with Crippen molar-refractivity contribution in [2.24, 2.45) is 0 Å². The van der Waals surface area contributed by atoms with Gasteiger partial charge in [-0.2, -0.15) is 0 Å². The summed E-state index contributed by atoms with van der Waals surface area (Å²) in [6, 6.07) is 6.40. The average molecular weight is 231 g/mol. The van der Waals surface area contributed by atoms with Gasteiger partial charge in [0.15, 0.2) is 5.58 Å². The highest BCUT2D eigenvalue weighted by Crippen LogP contribution is 2.25. The summed E-state index contributed by atoms with van der Waals surface area (Å²) in [4.78, 5) is 2.38. The third-order valence-electron chi connectivity index (χ3n) is 3.35. The summed E-state index contributed by atoms with van der Waals surface area (Å²) < 4.78 is 5.38. The molecule has 0 bridgehead atoms. The van der Waals surface area contributed by atoms with E-state index in [1.165, 1.54) is 5.69 Å². The number of benzene rings is 1. The standard InChI is InChI=1S/C13H17N3O/c1-2-12-11-4-3-10(9-13(11)17-15-12)16-7-5-14-6-8-16/h3-4,9,14H,2,5-8H2,1H3. The van der Waals surface area contributed by atoms with E-state index in [4.69, 9.17) is 4.52 Å². The molecule has 3 rings (SSSR count).